The van der Waals surface area contributed by atoms with Crippen molar-refractivity contribution >= 4 is 6.01 Å². The number of oxazole rings is 1. The molecule has 0 bridgehead atoms. The summed E-state index contributed by atoms with van der Waals surface area (Å²) in [5.74, 6) is 0. The second-order valence-electron chi connectivity index (χ2n) is 4.02. The average Bonchev–Trinajstić information content (AvgIpc) is 2.86. The second kappa shape index (κ2) is 6.16. The van der Waals surface area contributed by atoms with Crippen molar-refractivity contribution in [1.82, 2.24) is 15.3 Å². The first-order valence-electron chi connectivity index (χ1n) is 6.06. The van der Waals surface area contributed by atoms with Gasteiger partial charge in [0.25, 0.3) is 6.01 Å². The summed E-state index contributed by atoms with van der Waals surface area (Å²) >= 11 is 0. The molecule has 1 N–H and O–H groups in total. The molecule has 5 heteroatoms. The zero-order valence-corrected chi connectivity index (χ0v) is 10.8. The maximum absolute atomic E-state index is 5.50. The van der Waals surface area contributed by atoms with E-state index in [0.717, 1.165) is 25.3 Å². The molecule has 2 rings (SSSR count). The van der Waals surface area contributed by atoms with E-state index in [1.54, 1.807) is 18.7 Å². The standard InChI is InChI=1S/C13H18N4O/c1-3-17(9-11-4-6-15-7-5-11)13-16-12(8-14-2)10-18-13/h4-7,10,14H,3,8-9H2,1-2H3. The van der Waals surface area contributed by atoms with Gasteiger partial charge in [-0.1, -0.05) is 0 Å². The Labute approximate surface area is 107 Å². The Morgan fingerprint density at radius 1 is 1.33 bits per heavy atom. The summed E-state index contributed by atoms with van der Waals surface area (Å²) in [4.78, 5) is 10.6. The highest BCUT2D eigenvalue weighted by molar-refractivity contribution is 5.29. The van der Waals surface area contributed by atoms with E-state index in [0.29, 0.717) is 6.01 Å². The van der Waals surface area contributed by atoms with Gasteiger partial charge in [-0.3, -0.25) is 4.98 Å². The smallest absolute Gasteiger partial charge is 0.297 e. The van der Waals surface area contributed by atoms with Gasteiger partial charge in [0.1, 0.15) is 6.26 Å². The third-order valence-electron chi connectivity index (χ3n) is 2.67. The molecule has 0 spiro atoms. The molecule has 5 nitrogen and oxygen atoms in total. The van der Waals surface area contributed by atoms with Crippen LogP contribution in [0.1, 0.15) is 18.2 Å². The molecule has 18 heavy (non-hydrogen) atoms. The lowest BCUT2D eigenvalue weighted by atomic mass is 10.2. The first-order chi connectivity index (χ1) is 8.83. The molecule has 2 aromatic rings. The number of anilines is 1. The highest BCUT2D eigenvalue weighted by Gasteiger charge is 2.11. The summed E-state index contributed by atoms with van der Waals surface area (Å²) in [6.45, 7) is 4.43. The van der Waals surface area contributed by atoms with Crippen molar-refractivity contribution in [3.63, 3.8) is 0 Å². The van der Waals surface area contributed by atoms with Gasteiger partial charge >= 0.3 is 0 Å². The predicted molar refractivity (Wildman–Crippen MR) is 70.2 cm³/mol. The van der Waals surface area contributed by atoms with Gasteiger partial charge in [-0.2, -0.15) is 4.98 Å². The van der Waals surface area contributed by atoms with Gasteiger partial charge in [-0.15, -0.1) is 0 Å². The molecule has 0 fully saturated rings. The highest BCUT2D eigenvalue weighted by Crippen LogP contribution is 2.16. The van der Waals surface area contributed by atoms with Crippen LogP contribution in [-0.4, -0.2) is 23.6 Å². The van der Waals surface area contributed by atoms with Gasteiger partial charge in [0.05, 0.1) is 5.69 Å². The first kappa shape index (κ1) is 12.6. The summed E-state index contributed by atoms with van der Waals surface area (Å²) in [5, 5.41) is 3.05. The van der Waals surface area contributed by atoms with E-state index in [1.165, 1.54) is 5.56 Å². The van der Waals surface area contributed by atoms with Crippen molar-refractivity contribution in [3.05, 3.63) is 42.0 Å². The lowest BCUT2D eigenvalue weighted by molar-refractivity contribution is 0.534. The molecule has 0 unspecified atom stereocenters. The van der Waals surface area contributed by atoms with E-state index in [2.05, 4.69) is 27.1 Å². The van der Waals surface area contributed by atoms with Gasteiger partial charge < -0.3 is 14.6 Å². The van der Waals surface area contributed by atoms with E-state index in [1.807, 2.05) is 19.2 Å². The van der Waals surface area contributed by atoms with Gasteiger partial charge in [0, 0.05) is 32.0 Å². The van der Waals surface area contributed by atoms with Crippen LogP contribution in [0.5, 0.6) is 0 Å². The molecule has 0 aliphatic carbocycles. The number of nitrogens with zero attached hydrogens (tertiary/aromatic N) is 3. The first-order valence-corrected chi connectivity index (χ1v) is 6.06. The van der Waals surface area contributed by atoms with Crippen LogP contribution in [0.3, 0.4) is 0 Å². The summed E-state index contributed by atoms with van der Waals surface area (Å²) < 4.78 is 5.50. The van der Waals surface area contributed by atoms with Crippen LogP contribution in [0.25, 0.3) is 0 Å². The Bertz CT molecular complexity index is 469. The van der Waals surface area contributed by atoms with Crippen molar-refractivity contribution in [2.45, 2.75) is 20.0 Å². The number of rotatable bonds is 6. The summed E-state index contributed by atoms with van der Waals surface area (Å²) in [6, 6.07) is 4.67. The molecule has 0 atom stereocenters. The minimum atomic E-state index is 0.666. The summed E-state index contributed by atoms with van der Waals surface area (Å²) in [6.07, 6.45) is 5.29. The molecular formula is C13H18N4O. The summed E-state index contributed by atoms with van der Waals surface area (Å²) in [5.41, 5.74) is 2.11. The van der Waals surface area contributed by atoms with E-state index < -0.39 is 0 Å². The molecule has 0 aromatic carbocycles. The maximum Gasteiger partial charge on any atom is 0.297 e. The fourth-order valence-electron chi connectivity index (χ4n) is 1.73. The zero-order chi connectivity index (χ0) is 12.8. The number of pyridine rings is 1. The van der Waals surface area contributed by atoms with Crippen molar-refractivity contribution < 1.29 is 4.42 Å². The van der Waals surface area contributed by atoms with Gasteiger partial charge in [0.15, 0.2) is 0 Å². The fourth-order valence-corrected chi connectivity index (χ4v) is 1.73. The lowest BCUT2D eigenvalue weighted by Gasteiger charge is -2.18. The van der Waals surface area contributed by atoms with E-state index >= 15 is 0 Å². The number of hydrogen-bond donors (Lipinski definition) is 1. The molecule has 2 aromatic heterocycles. The van der Waals surface area contributed by atoms with Crippen LogP contribution >= 0.6 is 0 Å². The van der Waals surface area contributed by atoms with E-state index in [-0.39, 0.29) is 0 Å². The van der Waals surface area contributed by atoms with Gasteiger partial charge in [0.2, 0.25) is 0 Å². The Balaban J connectivity index is 2.08. The Morgan fingerprint density at radius 3 is 2.78 bits per heavy atom. The maximum atomic E-state index is 5.50. The molecule has 2 heterocycles. The van der Waals surface area contributed by atoms with Crippen molar-refractivity contribution in [3.8, 4) is 0 Å². The number of aromatic nitrogens is 2. The Morgan fingerprint density at radius 2 is 2.11 bits per heavy atom. The van der Waals surface area contributed by atoms with Crippen molar-refractivity contribution in [1.29, 1.82) is 0 Å². The van der Waals surface area contributed by atoms with Crippen LogP contribution in [0.2, 0.25) is 0 Å². The fraction of sp³-hybridized carbons (Fsp3) is 0.385. The SMILES string of the molecule is CCN(Cc1ccncc1)c1nc(CNC)co1. The van der Waals surface area contributed by atoms with Crippen LogP contribution in [-0.2, 0) is 13.1 Å². The Kier molecular flexibility index (Phi) is 4.30. The number of hydrogen-bond acceptors (Lipinski definition) is 5. The third-order valence-corrected chi connectivity index (χ3v) is 2.67. The van der Waals surface area contributed by atoms with Crippen LogP contribution < -0.4 is 10.2 Å². The molecule has 0 aliphatic rings. The molecular weight excluding hydrogens is 228 g/mol. The lowest BCUT2D eigenvalue weighted by Crippen LogP contribution is -2.22. The quantitative estimate of drug-likeness (QED) is 0.842. The average molecular weight is 246 g/mol. The minimum absolute atomic E-state index is 0.666. The molecule has 0 aliphatic heterocycles. The second-order valence-corrected chi connectivity index (χ2v) is 4.02. The van der Waals surface area contributed by atoms with Gasteiger partial charge in [-0.05, 0) is 31.7 Å². The molecule has 0 saturated heterocycles. The van der Waals surface area contributed by atoms with E-state index in [9.17, 15) is 0 Å². The molecule has 0 saturated carbocycles. The van der Waals surface area contributed by atoms with Crippen LogP contribution in [0.15, 0.2) is 35.2 Å². The van der Waals surface area contributed by atoms with Crippen molar-refractivity contribution in [2.24, 2.45) is 0 Å². The monoisotopic (exact) mass is 246 g/mol. The van der Waals surface area contributed by atoms with E-state index in [4.69, 9.17) is 4.42 Å². The number of nitrogens with one attached hydrogen (secondary N) is 1. The van der Waals surface area contributed by atoms with Gasteiger partial charge in [-0.25, -0.2) is 0 Å². The highest BCUT2D eigenvalue weighted by atomic mass is 16.4. The molecule has 96 valence electrons. The van der Waals surface area contributed by atoms with Crippen molar-refractivity contribution in [2.75, 3.05) is 18.5 Å². The predicted octanol–water partition coefficient (Wildman–Crippen LogP) is 1.82. The van der Waals surface area contributed by atoms with Crippen LogP contribution in [0, 0.1) is 0 Å². The minimum Gasteiger partial charge on any atom is -0.432 e. The molecule has 0 amide bonds. The molecule has 0 radical (unpaired) electrons. The largest absolute Gasteiger partial charge is 0.432 e. The van der Waals surface area contributed by atoms with Crippen LogP contribution in [0.4, 0.5) is 6.01 Å². The summed E-state index contributed by atoms with van der Waals surface area (Å²) in [7, 11) is 1.89. The topological polar surface area (TPSA) is 54.2 Å². The third kappa shape index (κ3) is 3.07. The Hall–Kier alpha value is -1.88. The zero-order valence-electron chi connectivity index (χ0n) is 10.8. The normalized spacial score (nSPS) is 10.6.